The zero-order valence-electron chi connectivity index (χ0n) is 9.57. The Morgan fingerprint density at radius 1 is 1.59 bits per heavy atom. The number of rotatable bonds is 4. The highest BCUT2D eigenvalue weighted by Crippen LogP contribution is 2.18. The van der Waals surface area contributed by atoms with Gasteiger partial charge in [0.1, 0.15) is 0 Å². The molecule has 1 aromatic rings. The van der Waals surface area contributed by atoms with Crippen molar-refractivity contribution in [3.05, 3.63) is 39.4 Å². The highest BCUT2D eigenvalue weighted by Gasteiger charge is 2.13. The first-order valence-corrected chi connectivity index (χ1v) is 6.00. The molecule has 1 rings (SSSR count). The number of benzene rings is 1. The van der Waals surface area contributed by atoms with Crippen LogP contribution in [0.15, 0.2) is 18.2 Å². The summed E-state index contributed by atoms with van der Waals surface area (Å²) in [4.78, 5) is 22.0. The predicted molar refractivity (Wildman–Crippen MR) is 68.6 cm³/mol. The van der Waals surface area contributed by atoms with E-state index in [0.29, 0.717) is 17.7 Å². The number of nitro groups is 1. The van der Waals surface area contributed by atoms with E-state index in [1.807, 2.05) is 6.92 Å². The number of nitro benzene ring substituents is 1. The first-order chi connectivity index (χ1) is 7.91. The molecule has 17 heavy (non-hydrogen) atoms. The highest BCUT2D eigenvalue weighted by molar-refractivity contribution is 9.09. The molecule has 0 aliphatic heterocycles. The number of carbonyl (C=O) groups excluding carboxylic acids is 1. The molecule has 0 bridgehead atoms. The maximum atomic E-state index is 11.7. The van der Waals surface area contributed by atoms with Crippen LogP contribution in [-0.4, -0.2) is 22.2 Å². The molecule has 0 fully saturated rings. The summed E-state index contributed by atoms with van der Waals surface area (Å²) in [6, 6.07) is 4.33. The average Bonchev–Trinajstić information content (AvgIpc) is 2.25. The van der Waals surface area contributed by atoms with Crippen molar-refractivity contribution >= 4 is 27.5 Å². The molecular weight excluding hydrogens is 288 g/mol. The SMILES string of the molecule is Cc1cc(C(=O)NCC(C)Br)ccc1[N+](=O)[O-]. The summed E-state index contributed by atoms with van der Waals surface area (Å²) in [5, 5.41) is 13.3. The third-order valence-corrected chi connectivity index (χ3v) is 2.52. The normalized spacial score (nSPS) is 11.9. The number of nitrogens with zero attached hydrogens (tertiary/aromatic N) is 1. The molecule has 0 aliphatic rings. The van der Waals surface area contributed by atoms with Crippen molar-refractivity contribution in [1.82, 2.24) is 5.32 Å². The molecule has 5 nitrogen and oxygen atoms in total. The second kappa shape index (κ2) is 5.77. The van der Waals surface area contributed by atoms with Gasteiger partial charge in [-0.3, -0.25) is 14.9 Å². The number of halogens is 1. The topological polar surface area (TPSA) is 72.2 Å². The smallest absolute Gasteiger partial charge is 0.272 e. The van der Waals surface area contributed by atoms with E-state index in [1.165, 1.54) is 18.2 Å². The van der Waals surface area contributed by atoms with Crippen molar-refractivity contribution in [1.29, 1.82) is 0 Å². The Morgan fingerprint density at radius 3 is 2.71 bits per heavy atom. The molecule has 0 spiro atoms. The van der Waals surface area contributed by atoms with Gasteiger partial charge in [0.25, 0.3) is 11.6 Å². The zero-order valence-corrected chi connectivity index (χ0v) is 11.2. The van der Waals surface area contributed by atoms with Gasteiger partial charge in [-0.05, 0) is 19.1 Å². The van der Waals surface area contributed by atoms with Gasteiger partial charge in [0.05, 0.1) is 4.92 Å². The number of aryl methyl sites for hydroxylation is 1. The van der Waals surface area contributed by atoms with Crippen LogP contribution >= 0.6 is 15.9 Å². The minimum atomic E-state index is -0.461. The lowest BCUT2D eigenvalue weighted by Gasteiger charge is -2.07. The van der Waals surface area contributed by atoms with Crippen molar-refractivity contribution in [2.75, 3.05) is 6.54 Å². The molecule has 0 radical (unpaired) electrons. The number of hydrogen-bond donors (Lipinski definition) is 1. The van der Waals surface area contributed by atoms with E-state index in [0.717, 1.165) is 0 Å². The van der Waals surface area contributed by atoms with Crippen LogP contribution in [0.25, 0.3) is 0 Å². The summed E-state index contributed by atoms with van der Waals surface area (Å²) in [6.07, 6.45) is 0. The van der Waals surface area contributed by atoms with E-state index in [1.54, 1.807) is 6.92 Å². The Hall–Kier alpha value is -1.43. The molecule has 1 atom stereocenters. The van der Waals surface area contributed by atoms with Crippen LogP contribution in [0.3, 0.4) is 0 Å². The van der Waals surface area contributed by atoms with Crippen LogP contribution in [-0.2, 0) is 0 Å². The van der Waals surface area contributed by atoms with E-state index < -0.39 is 4.92 Å². The monoisotopic (exact) mass is 300 g/mol. The van der Waals surface area contributed by atoms with Crippen LogP contribution in [0.1, 0.15) is 22.8 Å². The van der Waals surface area contributed by atoms with E-state index in [-0.39, 0.29) is 16.4 Å². The molecule has 1 amide bonds. The Morgan fingerprint density at radius 2 is 2.24 bits per heavy atom. The van der Waals surface area contributed by atoms with Crippen LogP contribution in [0, 0.1) is 17.0 Å². The molecule has 1 aromatic carbocycles. The summed E-state index contributed by atoms with van der Waals surface area (Å²) >= 11 is 3.32. The quantitative estimate of drug-likeness (QED) is 0.527. The molecule has 6 heteroatoms. The maximum Gasteiger partial charge on any atom is 0.272 e. The fraction of sp³-hybridized carbons (Fsp3) is 0.364. The lowest BCUT2D eigenvalue weighted by molar-refractivity contribution is -0.385. The van der Waals surface area contributed by atoms with Gasteiger partial charge in [-0.15, -0.1) is 0 Å². The van der Waals surface area contributed by atoms with Gasteiger partial charge in [-0.1, -0.05) is 22.9 Å². The molecule has 1 N–H and O–H groups in total. The van der Waals surface area contributed by atoms with Crippen LogP contribution in [0.4, 0.5) is 5.69 Å². The second-order valence-electron chi connectivity index (χ2n) is 3.75. The first kappa shape index (κ1) is 13.6. The number of carbonyl (C=O) groups is 1. The first-order valence-electron chi connectivity index (χ1n) is 5.09. The molecule has 0 heterocycles. The van der Waals surface area contributed by atoms with E-state index in [2.05, 4.69) is 21.2 Å². The maximum absolute atomic E-state index is 11.7. The van der Waals surface area contributed by atoms with Gasteiger partial charge in [0.2, 0.25) is 0 Å². The molecule has 0 aromatic heterocycles. The Kier molecular flexibility index (Phi) is 4.62. The van der Waals surface area contributed by atoms with Crippen molar-refractivity contribution in [3.63, 3.8) is 0 Å². The van der Waals surface area contributed by atoms with E-state index >= 15 is 0 Å². The third kappa shape index (κ3) is 3.81. The standard InChI is InChI=1S/C11H13BrN2O3/c1-7-5-9(3-4-10(7)14(16)17)11(15)13-6-8(2)12/h3-5,8H,6H2,1-2H3,(H,13,15). The molecule has 0 aliphatic carbocycles. The van der Waals surface area contributed by atoms with Crippen molar-refractivity contribution in [3.8, 4) is 0 Å². The van der Waals surface area contributed by atoms with E-state index in [4.69, 9.17) is 0 Å². The molecule has 92 valence electrons. The number of hydrogen-bond acceptors (Lipinski definition) is 3. The van der Waals surface area contributed by atoms with Crippen molar-refractivity contribution in [2.45, 2.75) is 18.7 Å². The number of nitrogens with one attached hydrogen (secondary N) is 1. The average molecular weight is 301 g/mol. The van der Waals surface area contributed by atoms with Gasteiger partial charge < -0.3 is 5.32 Å². The van der Waals surface area contributed by atoms with Crippen molar-refractivity contribution in [2.24, 2.45) is 0 Å². The number of amides is 1. The summed E-state index contributed by atoms with van der Waals surface area (Å²) in [5.41, 5.74) is 0.936. The summed E-state index contributed by atoms with van der Waals surface area (Å²) in [7, 11) is 0. The molecule has 1 unspecified atom stereocenters. The number of alkyl halides is 1. The van der Waals surface area contributed by atoms with Crippen LogP contribution < -0.4 is 5.32 Å². The Labute approximate surface area is 107 Å². The summed E-state index contributed by atoms with van der Waals surface area (Å²) in [6.45, 7) is 4.04. The van der Waals surface area contributed by atoms with Gasteiger partial charge in [0.15, 0.2) is 0 Å². The fourth-order valence-electron chi connectivity index (χ4n) is 1.34. The Balaban J connectivity index is 2.83. The lowest BCUT2D eigenvalue weighted by atomic mass is 10.1. The second-order valence-corrected chi connectivity index (χ2v) is 5.31. The minimum Gasteiger partial charge on any atom is -0.351 e. The highest BCUT2D eigenvalue weighted by atomic mass is 79.9. The zero-order chi connectivity index (χ0) is 13.0. The van der Waals surface area contributed by atoms with Gasteiger partial charge in [0, 0.05) is 28.6 Å². The molecule has 0 saturated heterocycles. The third-order valence-electron chi connectivity index (χ3n) is 2.20. The minimum absolute atomic E-state index is 0.0235. The van der Waals surface area contributed by atoms with Gasteiger partial charge in [-0.25, -0.2) is 0 Å². The summed E-state index contributed by atoms with van der Waals surface area (Å²) < 4.78 is 0. The van der Waals surface area contributed by atoms with Gasteiger partial charge in [-0.2, -0.15) is 0 Å². The molecular formula is C11H13BrN2O3. The molecule has 0 saturated carbocycles. The van der Waals surface area contributed by atoms with Crippen LogP contribution in [0.2, 0.25) is 0 Å². The van der Waals surface area contributed by atoms with Gasteiger partial charge >= 0.3 is 0 Å². The van der Waals surface area contributed by atoms with Crippen molar-refractivity contribution < 1.29 is 9.72 Å². The lowest BCUT2D eigenvalue weighted by Crippen LogP contribution is -2.28. The van der Waals surface area contributed by atoms with E-state index in [9.17, 15) is 14.9 Å². The Bertz CT molecular complexity index is 446. The largest absolute Gasteiger partial charge is 0.351 e. The van der Waals surface area contributed by atoms with Crippen LogP contribution in [0.5, 0.6) is 0 Å². The summed E-state index contributed by atoms with van der Waals surface area (Å²) in [5.74, 6) is -0.228. The fourth-order valence-corrected chi connectivity index (χ4v) is 1.50. The predicted octanol–water partition coefficient (Wildman–Crippen LogP) is 2.42.